The molecular weight excluding hydrogens is 264 g/mol. The van der Waals surface area contributed by atoms with E-state index in [0.29, 0.717) is 11.3 Å². The molecule has 0 amide bonds. The molecule has 6 nitrogen and oxygen atoms in total. The summed E-state index contributed by atoms with van der Waals surface area (Å²) in [4.78, 5) is 10.6. The van der Waals surface area contributed by atoms with Gasteiger partial charge < -0.3 is 5.11 Å². The van der Waals surface area contributed by atoms with Gasteiger partial charge in [0.2, 0.25) is 0 Å². The molecule has 1 heterocycles. The van der Waals surface area contributed by atoms with Gasteiger partial charge in [0.1, 0.15) is 9.09 Å². The third kappa shape index (κ3) is 3.03. The molecular formula is C9H10N2O4S2. The van der Waals surface area contributed by atoms with Crippen LogP contribution in [0.2, 0.25) is 0 Å². The summed E-state index contributed by atoms with van der Waals surface area (Å²) in [6, 6.07) is 4.35. The van der Waals surface area contributed by atoms with Crippen molar-refractivity contribution in [1.29, 1.82) is 5.26 Å². The summed E-state index contributed by atoms with van der Waals surface area (Å²) >= 11 is 0.698. The number of nitrogens with zero attached hydrogens (tertiary/aromatic N) is 2. The number of rotatable bonds is 5. The summed E-state index contributed by atoms with van der Waals surface area (Å²) in [6.45, 7) is 0.0825. The van der Waals surface area contributed by atoms with Gasteiger partial charge in [-0.15, -0.1) is 11.3 Å². The van der Waals surface area contributed by atoms with Gasteiger partial charge in [-0.2, -0.15) is 9.57 Å². The SMILES string of the molecule is CN(CCC#N)S(=O)(=O)c1ccc(C(=O)O)s1. The highest BCUT2D eigenvalue weighted by molar-refractivity contribution is 7.91. The molecule has 0 radical (unpaired) electrons. The summed E-state index contributed by atoms with van der Waals surface area (Å²) in [6.07, 6.45) is 0.0902. The number of nitriles is 1. The Bertz CT molecular complexity index is 556. The third-order valence-corrected chi connectivity index (χ3v) is 5.39. The molecule has 0 spiro atoms. The second-order valence-corrected chi connectivity index (χ2v) is 6.51. The van der Waals surface area contributed by atoms with Crippen molar-refractivity contribution < 1.29 is 18.3 Å². The van der Waals surface area contributed by atoms with Crippen LogP contribution < -0.4 is 0 Å². The second-order valence-electron chi connectivity index (χ2n) is 3.16. The molecule has 0 saturated heterocycles. The summed E-state index contributed by atoms with van der Waals surface area (Å²) in [5.74, 6) is -1.16. The highest BCUT2D eigenvalue weighted by Gasteiger charge is 2.23. The minimum atomic E-state index is -3.69. The standard InChI is InChI=1S/C9H10N2O4S2/c1-11(6-2-5-10)17(14,15)8-4-3-7(16-8)9(12)13/h3-4H,2,6H2,1H3,(H,12,13). The van der Waals surface area contributed by atoms with Crippen molar-refractivity contribution in [2.24, 2.45) is 0 Å². The molecule has 0 atom stereocenters. The Morgan fingerprint density at radius 3 is 2.71 bits per heavy atom. The first-order chi connectivity index (χ1) is 7.89. The van der Waals surface area contributed by atoms with Crippen molar-refractivity contribution in [2.75, 3.05) is 13.6 Å². The van der Waals surface area contributed by atoms with Crippen LogP contribution in [0.25, 0.3) is 0 Å². The largest absolute Gasteiger partial charge is 0.477 e. The normalized spacial score (nSPS) is 11.4. The maximum Gasteiger partial charge on any atom is 0.345 e. The van der Waals surface area contributed by atoms with E-state index in [4.69, 9.17) is 10.4 Å². The minimum Gasteiger partial charge on any atom is -0.477 e. The van der Waals surface area contributed by atoms with Crippen LogP contribution in [0.15, 0.2) is 16.3 Å². The van der Waals surface area contributed by atoms with Gasteiger partial charge in [0.25, 0.3) is 10.0 Å². The van der Waals surface area contributed by atoms with E-state index in [2.05, 4.69) is 0 Å². The van der Waals surface area contributed by atoms with Gasteiger partial charge in [0.15, 0.2) is 0 Å². The van der Waals surface area contributed by atoms with Crippen molar-refractivity contribution in [3.05, 3.63) is 17.0 Å². The van der Waals surface area contributed by atoms with Crippen LogP contribution in [0.4, 0.5) is 0 Å². The number of aromatic carboxylic acids is 1. The Balaban J connectivity index is 2.97. The zero-order valence-electron chi connectivity index (χ0n) is 8.95. The number of hydrogen-bond acceptors (Lipinski definition) is 5. The maximum absolute atomic E-state index is 11.9. The lowest BCUT2D eigenvalue weighted by Crippen LogP contribution is -2.27. The van der Waals surface area contributed by atoms with Crippen LogP contribution in [0, 0.1) is 11.3 Å². The van der Waals surface area contributed by atoms with E-state index in [-0.39, 0.29) is 22.1 Å². The maximum atomic E-state index is 11.9. The quantitative estimate of drug-likeness (QED) is 0.863. The molecule has 1 N–H and O–H groups in total. The molecule has 17 heavy (non-hydrogen) atoms. The molecule has 1 aromatic heterocycles. The average molecular weight is 274 g/mol. The van der Waals surface area contributed by atoms with E-state index in [9.17, 15) is 13.2 Å². The molecule has 0 fully saturated rings. The number of thiophene rings is 1. The number of carboxylic acids is 1. The van der Waals surface area contributed by atoms with Crippen LogP contribution in [0.5, 0.6) is 0 Å². The van der Waals surface area contributed by atoms with Crippen LogP contribution in [-0.4, -0.2) is 37.4 Å². The lowest BCUT2D eigenvalue weighted by atomic mass is 10.5. The first kappa shape index (κ1) is 13.6. The fraction of sp³-hybridized carbons (Fsp3) is 0.333. The number of carbonyl (C=O) groups is 1. The fourth-order valence-corrected chi connectivity index (χ4v) is 3.58. The predicted molar refractivity (Wildman–Crippen MR) is 61.3 cm³/mol. The molecule has 0 aliphatic heterocycles. The van der Waals surface area contributed by atoms with E-state index in [1.165, 1.54) is 19.2 Å². The van der Waals surface area contributed by atoms with E-state index < -0.39 is 16.0 Å². The smallest absolute Gasteiger partial charge is 0.345 e. The Kier molecular flexibility index (Phi) is 4.22. The van der Waals surface area contributed by atoms with Crippen molar-refractivity contribution in [1.82, 2.24) is 4.31 Å². The molecule has 1 aromatic rings. The zero-order valence-corrected chi connectivity index (χ0v) is 10.6. The molecule has 0 bridgehead atoms. The molecule has 0 aliphatic carbocycles. The Morgan fingerprint density at radius 1 is 1.59 bits per heavy atom. The monoisotopic (exact) mass is 274 g/mol. The van der Waals surface area contributed by atoms with Gasteiger partial charge in [-0.3, -0.25) is 0 Å². The Morgan fingerprint density at radius 2 is 2.24 bits per heavy atom. The lowest BCUT2D eigenvalue weighted by Gasteiger charge is -2.13. The first-order valence-electron chi connectivity index (χ1n) is 4.56. The summed E-state index contributed by atoms with van der Waals surface area (Å²) in [5, 5.41) is 17.1. The zero-order chi connectivity index (χ0) is 13.1. The van der Waals surface area contributed by atoms with Crippen LogP contribution in [-0.2, 0) is 10.0 Å². The van der Waals surface area contributed by atoms with Gasteiger partial charge in [0, 0.05) is 20.0 Å². The molecule has 1 rings (SSSR count). The summed E-state index contributed by atoms with van der Waals surface area (Å²) < 4.78 is 24.8. The number of sulfonamides is 1. The van der Waals surface area contributed by atoms with Crippen LogP contribution in [0.3, 0.4) is 0 Å². The van der Waals surface area contributed by atoms with E-state index >= 15 is 0 Å². The van der Waals surface area contributed by atoms with Gasteiger partial charge >= 0.3 is 5.97 Å². The topological polar surface area (TPSA) is 98.5 Å². The van der Waals surface area contributed by atoms with Gasteiger partial charge in [-0.25, -0.2) is 13.2 Å². The Labute approximate surface area is 103 Å². The molecule has 92 valence electrons. The number of carboxylic acid groups (broad SMARTS) is 1. The van der Waals surface area contributed by atoms with E-state index in [0.717, 1.165) is 4.31 Å². The summed E-state index contributed by atoms with van der Waals surface area (Å²) in [5.41, 5.74) is 0. The second kappa shape index (κ2) is 5.27. The van der Waals surface area contributed by atoms with Gasteiger partial charge in [-0.1, -0.05) is 0 Å². The van der Waals surface area contributed by atoms with Crippen LogP contribution in [0.1, 0.15) is 16.1 Å². The van der Waals surface area contributed by atoms with Crippen LogP contribution >= 0.6 is 11.3 Å². The van der Waals surface area contributed by atoms with Crippen molar-refractivity contribution in [2.45, 2.75) is 10.6 Å². The van der Waals surface area contributed by atoms with Crippen molar-refractivity contribution in [3.63, 3.8) is 0 Å². The highest BCUT2D eigenvalue weighted by Crippen LogP contribution is 2.24. The fourth-order valence-electron chi connectivity index (χ4n) is 1.05. The molecule has 8 heteroatoms. The predicted octanol–water partition coefficient (Wildman–Crippen LogP) is 0.980. The molecule has 0 aliphatic rings. The Hall–Kier alpha value is -1.43. The molecule has 0 unspecified atom stereocenters. The average Bonchev–Trinajstić information content (AvgIpc) is 2.75. The first-order valence-corrected chi connectivity index (χ1v) is 6.81. The highest BCUT2D eigenvalue weighted by atomic mass is 32.2. The minimum absolute atomic E-state index is 0.0303. The third-order valence-electron chi connectivity index (χ3n) is 2.00. The van der Waals surface area contributed by atoms with Crippen molar-refractivity contribution >= 4 is 27.3 Å². The van der Waals surface area contributed by atoms with Gasteiger partial charge in [0.05, 0.1) is 6.07 Å². The van der Waals surface area contributed by atoms with Crippen molar-refractivity contribution in [3.8, 4) is 6.07 Å². The summed E-state index contributed by atoms with van der Waals surface area (Å²) in [7, 11) is -2.33. The molecule has 0 aromatic carbocycles. The number of hydrogen-bond donors (Lipinski definition) is 1. The molecule has 0 saturated carbocycles. The van der Waals surface area contributed by atoms with E-state index in [1.54, 1.807) is 0 Å². The lowest BCUT2D eigenvalue weighted by molar-refractivity contribution is 0.0702. The van der Waals surface area contributed by atoms with E-state index in [1.807, 2.05) is 6.07 Å². The van der Waals surface area contributed by atoms with Gasteiger partial charge in [-0.05, 0) is 12.1 Å².